The van der Waals surface area contributed by atoms with E-state index in [9.17, 15) is 33.9 Å². The normalized spacial score (nSPS) is 12.2. The third-order valence-corrected chi connectivity index (χ3v) is 8.74. The number of hydrogen-bond acceptors (Lipinski definition) is 12. The molecule has 0 aromatic heterocycles. The average molecular weight is 806 g/mol. The first kappa shape index (κ1) is 52.6. The van der Waals surface area contributed by atoms with Crippen LogP contribution in [0.4, 0.5) is 0 Å². The highest BCUT2D eigenvalue weighted by molar-refractivity contribution is 5.84. The van der Waals surface area contributed by atoms with E-state index in [0.29, 0.717) is 78.4 Å². The van der Waals surface area contributed by atoms with Crippen LogP contribution < -0.4 is 27.2 Å². The minimum absolute atomic E-state index is 0.0423. The van der Waals surface area contributed by atoms with Crippen LogP contribution in [0.15, 0.2) is 0 Å². The van der Waals surface area contributed by atoms with E-state index in [4.69, 9.17) is 35.0 Å². The summed E-state index contributed by atoms with van der Waals surface area (Å²) >= 11 is 0. The number of hydrazine groups is 1. The van der Waals surface area contributed by atoms with Crippen molar-refractivity contribution in [1.82, 2.24) is 21.4 Å². The lowest BCUT2D eigenvalue weighted by Gasteiger charge is -2.15. The highest BCUT2D eigenvalue weighted by atomic mass is 16.6. The van der Waals surface area contributed by atoms with E-state index in [1.165, 1.54) is 38.5 Å². The summed E-state index contributed by atoms with van der Waals surface area (Å²) in [5.74, 6) is 1.31. The molecule has 18 heteroatoms. The number of nitrogens with two attached hydrogens (primary N) is 1. The molecule has 56 heavy (non-hydrogen) atoms. The minimum atomic E-state index is -1.25. The number of ether oxygens (including phenoxy) is 4. The van der Waals surface area contributed by atoms with Crippen LogP contribution >= 0.6 is 0 Å². The molecular formula is C38H71N5O13. The van der Waals surface area contributed by atoms with Crippen molar-refractivity contribution >= 4 is 35.6 Å². The van der Waals surface area contributed by atoms with E-state index >= 15 is 0 Å². The Kier molecular flexibility index (Phi) is 36.1. The number of carboxylic acid groups (broad SMARTS) is 3. The molecule has 0 heterocycles. The van der Waals surface area contributed by atoms with Gasteiger partial charge >= 0.3 is 17.9 Å². The fraction of sp³-hybridized carbons (Fsp3) is 0.842. The highest BCUT2D eigenvalue weighted by Gasteiger charge is 2.21. The van der Waals surface area contributed by atoms with E-state index in [1.807, 2.05) is 0 Å². The lowest BCUT2D eigenvalue weighted by Crippen LogP contribution is -2.42. The van der Waals surface area contributed by atoms with Gasteiger partial charge in [0.25, 0.3) is 0 Å². The van der Waals surface area contributed by atoms with Crippen molar-refractivity contribution in [3.05, 3.63) is 0 Å². The molecule has 18 nitrogen and oxygen atoms in total. The Morgan fingerprint density at radius 1 is 0.429 bits per heavy atom. The molecular weight excluding hydrogens is 734 g/mol. The van der Waals surface area contributed by atoms with Gasteiger partial charge in [0.1, 0.15) is 12.1 Å². The van der Waals surface area contributed by atoms with Crippen molar-refractivity contribution in [1.29, 1.82) is 0 Å². The number of nitrogens with one attached hydrogen (secondary N) is 4. The lowest BCUT2D eigenvalue weighted by molar-refractivity contribution is -0.142. The summed E-state index contributed by atoms with van der Waals surface area (Å²) < 4.78 is 21.7. The maximum absolute atomic E-state index is 12.2. The molecule has 0 aliphatic carbocycles. The van der Waals surface area contributed by atoms with Crippen LogP contribution in [0.5, 0.6) is 0 Å². The van der Waals surface area contributed by atoms with Crippen LogP contribution in [0.2, 0.25) is 0 Å². The van der Waals surface area contributed by atoms with Gasteiger partial charge in [-0.25, -0.2) is 10.2 Å². The predicted octanol–water partition coefficient (Wildman–Crippen LogP) is 2.66. The first-order valence-electron chi connectivity index (χ1n) is 20.3. The van der Waals surface area contributed by atoms with Gasteiger partial charge < -0.3 is 50.2 Å². The third kappa shape index (κ3) is 36.2. The van der Waals surface area contributed by atoms with Gasteiger partial charge in [-0.05, 0) is 38.5 Å². The second-order valence-corrected chi connectivity index (χ2v) is 13.6. The maximum Gasteiger partial charge on any atom is 0.326 e. The molecule has 0 bridgehead atoms. The lowest BCUT2D eigenvalue weighted by atomic mass is 10.0. The monoisotopic (exact) mass is 806 g/mol. The van der Waals surface area contributed by atoms with Crippen molar-refractivity contribution in [3.8, 4) is 0 Å². The number of carboxylic acids is 3. The van der Waals surface area contributed by atoms with Crippen LogP contribution in [-0.2, 0) is 47.7 Å². The summed E-state index contributed by atoms with van der Waals surface area (Å²) in [7, 11) is 0. The Bertz CT molecular complexity index is 1050. The fourth-order valence-corrected chi connectivity index (χ4v) is 5.47. The molecule has 0 saturated carbocycles. The molecule has 0 rings (SSSR count). The number of unbranched alkanes of at least 4 members (excludes halogenated alkanes) is 12. The molecule has 0 aliphatic rings. The molecule has 0 radical (unpaired) electrons. The number of aliphatic carboxylic acids is 3. The Labute approximate surface area is 332 Å². The molecule has 0 aromatic rings. The van der Waals surface area contributed by atoms with E-state index in [0.717, 1.165) is 38.5 Å². The molecule has 0 saturated heterocycles. The molecule has 0 aromatic carbocycles. The number of hydrogen-bond donors (Lipinski definition) is 8. The average Bonchev–Trinajstić information content (AvgIpc) is 3.15. The standard InChI is InChI=1S/C38H71N5O13/c39-43-32(38(51)52)15-13-14-21-40-34(45)19-18-31(37(49)50)42-35(46)20-23-53-25-27-55-29-30-56-28-26-54-24-22-41-33(44)16-11-9-7-5-3-1-2-4-6-8-10-12-17-36(47)48/h31-32,43H,1-30,39H2,(H,40,45)(H,41,44)(H,42,46)(H,47,48)(H,49,50)(H,51,52)/t31-,32-/m0/s1. The largest absolute Gasteiger partial charge is 0.481 e. The summed E-state index contributed by atoms with van der Waals surface area (Å²) in [5, 5.41) is 34.9. The third-order valence-electron chi connectivity index (χ3n) is 8.74. The Balaban J connectivity index is 3.54. The Morgan fingerprint density at radius 3 is 1.38 bits per heavy atom. The SMILES string of the molecule is NN[C@@H](CCCCNC(=O)CC[C@H](NC(=O)CCOCCOCCOCCOCCNC(=O)CCCCCCCCCCCCCCC(=O)O)C(=O)O)C(=O)O. The van der Waals surface area contributed by atoms with E-state index < -0.39 is 35.9 Å². The number of carbonyl (C=O) groups excluding carboxylic acids is 3. The van der Waals surface area contributed by atoms with E-state index in [1.54, 1.807) is 0 Å². The highest BCUT2D eigenvalue weighted by Crippen LogP contribution is 2.13. The Morgan fingerprint density at radius 2 is 0.875 bits per heavy atom. The molecule has 326 valence electrons. The zero-order valence-corrected chi connectivity index (χ0v) is 33.4. The summed E-state index contributed by atoms with van der Waals surface area (Å²) in [6, 6.07) is -2.08. The van der Waals surface area contributed by atoms with Crippen LogP contribution in [-0.4, -0.2) is 129 Å². The molecule has 3 amide bonds. The molecule has 0 unspecified atom stereocenters. The number of carbonyl (C=O) groups is 6. The molecule has 0 aliphatic heterocycles. The quantitative estimate of drug-likeness (QED) is 0.0250. The van der Waals surface area contributed by atoms with E-state index in [2.05, 4.69) is 21.4 Å². The van der Waals surface area contributed by atoms with Crippen molar-refractivity contribution in [2.45, 2.75) is 141 Å². The van der Waals surface area contributed by atoms with Gasteiger partial charge in [-0.1, -0.05) is 64.2 Å². The van der Waals surface area contributed by atoms with Crippen molar-refractivity contribution < 1.29 is 63.0 Å². The van der Waals surface area contributed by atoms with Crippen molar-refractivity contribution in [2.24, 2.45) is 5.84 Å². The molecule has 0 fully saturated rings. The van der Waals surface area contributed by atoms with Gasteiger partial charge in [-0.15, -0.1) is 0 Å². The van der Waals surface area contributed by atoms with Crippen LogP contribution in [0.1, 0.15) is 128 Å². The van der Waals surface area contributed by atoms with Gasteiger partial charge in [0.15, 0.2) is 0 Å². The Hall–Kier alpha value is -3.42. The van der Waals surface area contributed by atoms with Gasteiger partial charge in [0.2, 0.25) is 17.7 Å². The first-order valence-corrected chi connectivity index (χ1v) is 20.3. The van der Waals surface area contributed by atoms with Crippen LogP contribution in [0.3, 0.4) is 0 Å². The van der Waals surface area contributed by atoms with Gasteiger partial charge in [0, 0.05) is 38.8 Å². The minimum Gasteiger partial charge on any atom is -0.481 e. The smallest absolute Gasteiger partial charge is 0.326 e. The van der Waals surface area contributed by atoms with E-state index in [-0.39, 0.29) is 50.7 Å². The first-order chi connectivity index (χ1) is 27.1. The van der Waals surface area contributed by atoms with Gasteiger partial charge in [-0.3, -0.25) is 29.8 Å². The van der Waals surface area contributed by atoms with Gasteiger partial charge in [0.05, 0.1) is 52.9 Å². The zero-order chi connectivity index (χ0) is 41.5. The summed E-state index contributed by atoms with van der Waals surface area (Å²) in [5.41, 5.74) is 2.20. The topological polar surface area (TPSA) is 274 Å². The molecule has 0 spiro atoms. The number of amides is 3. The molecule has 9 N–H and O–H groups in total. The summed E-state index contributed by atoms with van der Waals surface area (Å²) in [4.78, 5) is 69.1. The summed E-state index contributed by atoms with van der Waals surface area (Å²) in [6.45, 7) is 3.29. The summed E-state index contributed by atoms with van der Waals surface area (Å²) in [6.07, 6.45) is 15.2. The van der Waals surface area contributed by atoms with Crippen molar-refractivity contribution in [3.63, 3.8) is 0 Å². The van der Waals surface area contributed by atoms with Gasteiger partial charge in [-0.2, -0.15) is 0 Å². The second kappa shape index (κ2) is 38.5. The predicted molar refractivity (Wildman–Crippen MR) is 208 cm³/mol. The second-order valence-electron chi connectivity index (χ2n) is 13.6. The number of rotatable bonds is 42. The van der Waals surface area contributed by atoms with Crippen molar-refractivity contribution in [2.75, 3.05) is 65.9 Å². The fourth-order valence-electron chi connectivity index (χ4n) is 5.47. The van der Waals surface area contributed by atoms with Crippen LogP contribution in [0.25, 0.3) is 0 Å². The maximum atomic E-state index is 12.2. The molecule has 2 atom stereocenters. The van der Waals surface area contributed by atoms with Crippen LogP contribution in [0, 0.1) is 0 Å². The zero-order valence-electron chi connectivity index (χ0n) is 33.4.